The molecule has 0 bridgehead atoms. The first kappa shape index (κ1) is 32.8. The number of rotatable bonds is 8. The van der Waals surface area contributed by atoms with E-state index in [1.165, 1.54) is 18.2 Å². The van der Waals surface area contributed by atoms with Crippen LogP contribution in [-0.4, -0.2) is 90.8 Å². The average Bonchev–Trinajstić information content (AvgIpc) is 3.73. The lowest BCUT2D eigenvalue weighted by Gasteiger charge is -2.32. The minimum atomic E-state index is -0.781. The maximum absolute atomic E-state index is 16.9. The van der Waals surface area contributed by atoms with Crippen LogP contribution in [0.4, 0.5) is 19.6 Å². The number of methoxy groups -OCH3 is 1. The molecule has 2 aliphatic rings. The number of nitrogen functional groups attached to an aromatic ring is 1. The van der Waals surface area contributed by atoms with Crippen molar-refractivity contribution >= 4 is 60.7 Å². The Labute approximate surface area is 279 Å². The first-order chi connectivity index (χ1) is 22.5. The fourth-order valence-corrected chi connectivity index (χ4v) is 8.08. The van der Waals surface area contributed by atoms with Crippen LogP contribution >= 0.6 is 22.9 Å². The molecular weight excluding hydrogens is 648 g/mol. The molecule has 2 aromatic carbocycles. The van der Waals surface area contributed by atoms with Gasteiger partial charge in [-0.3, -0.25) is 9.69 Å². The molecule has 47 heavy (non-hydrogen) atoms. The number of nitriles is 1. The van der Waals surface area contributed by atoms with Crippen molar-refractivity contribution in [2.75, 3.05) is 51.5 Å². The summed E-state index contributed by atoms with van der Waals surface area (Å²) in [5, 5.41) is 10.5. The molecule has 2 N–H and O–H groups in total. The molecular formula is C33H34ClF2N7O3S. The molecule has 1 amide bonds. The Morgan fingerprint density at radius 3 is 2.81 bits per heavy atom. The number of carbonyl (C=O) groups is 1. The van der Waals surface area contributed by atoms with Gasteiger partial charge in [0.2, 0.25) is 5.91 Å². The van der Waals surface area contributed by atoms with E-state index in [9.17, 15) is 14.4 Å². The van der Waals surface area contributed by atoms with Gasteiger partial charge in [-0.1, -0.05) is 24.2 Å². The molecule has 4 aromatic rings. The van der Waals surface area contributed by atoms with Gasteiger partial charge in [-0.25, -0.2) is 8.78 Å². The summed E-state index contributed by atoms with van der Waals surface area (Å²) in [4.78, 5) is 27.6. The highest BCUT2D eigenvalue weighted by Crippen LogP contribution is 2.46. The standard InChI is InChI=1S/C33H34ClF2N7O3S/c1-6-25(44)43-10-9-24(16(43)2)42(4)32-20-12-22(34)27(19-7-8-23(35)30-26(19)21(13-37)31(38)47-30)28(36)29(20)39-33(40-32)46-15-17-11-18(45-5)14-41(17)3/h6-8,12,16-18,24H,1,9-11,14-15,38H2,2-5H3/t16-,17+,18-,24-/m1/s1. The van der Waals surface area contributed by atoms with Gasteiger partial charge in [0.25, 0.3) is 0 Å². The second-order valence-electron chi connectivity index (χ2n) is 12.0. The molecule has 2 aliphatic heterocycles. The normalized spacial score (nSPS) is 21.4. The van der Waals surface area contributed by atoms with Crippen LogP contribution in [0.1, 0.15) is 25.3 Å². The number of likely N-dealkylation sites (N-methyl/N-ethyl adjacent to an activating group) is 2. The minimum Gasteiger partial charge on any atom is -0.462 e. The van der Waals surface area contributed by atoms with Crippen LogP contribution in [0.15, 0.2) is 30.9 Å². The number of benzene rings is 2. The molecule has 10 nitrogen and oxygen atoms in total. The van der Waals surface area contributed by atoms with Crippen LogP contribution in [0.5, 0.6) is 6.01 Å². The number of aromatic nitrogens is 2. The summed E-state index contributed by atoms with van der Waals surface area (Å²) >= 11 is 7.75. The van der Waals surface area contributed by atoms with E-state index >= 15 is 4.39 Å². The molecule has 2 fully saturated rings. The van der Waals surface area contributed by atoms with E-state index in [0.29, 0.717) is 24.2 Å². The molecule has 0 unspecified atom stereocenters. The zero-order chi connectivity index (χ0) is 33.7. The van der Waals surface area contributed by atoms with Crippen molar-refractivity contribution in [2.24, 2.45) is 0 Å². The SMILES string of the molecule is C=CC(=O)N1CC[C@@H](N(C)c2nc(OC[C@@H]3C[C@@H](OC)CN3C)nc3c(F)c(-c4ccc(F)c5sc(N)c(C#N)c45)c(Cl)cc23)[C@H]1C. The molecule has 4 atom stereocenters. The lowest BCUT2D eigenvalue weighted by molar-refractivity contribution is -0.126. The average molecular weight is 682 g/mol. The topological polar surface area (TPSA) is 121 Å². The summed E-state index contributed by atoms with van der Waals surface area (Å²) < 4.78 is 43.6. The van der Waals surface area contributed by atoms with Crippen LogP contribution in [-0.2, 0) is 9.53 Å². The highest BCUT2D eigenvalue weighted by Gasteiger charge is 2.37. The number of carbonyl (C=O) groups excluding carboxylic acids is 1. The first-order valence-corrected chi connectivity index (χ1v) is 16.3. The Morgan fingerprint density at radius 2 is 2.13 bits per heavy atom. The third-order valence-corrected chi connectivity index (χ3v) is 10.8. The number of hydrogen-bond acceptors (Lipinski definition) is 10. The molecule has 2 aromatic heterocycles. The van der Waals surface area contributed by atoms with Gasteiger partial charge in [0, 0.05) is 55.7 Å². The summed E-state index contributed by atoms with van der Waals surface area (Å²) in [6.45, 7) is 7.08. The molecule has 0 radical (unpaired) electrons. The van der Waals surface area contributed by atoms with Gasteiger partial charge in [-0.15, -0.1) is 11.3 Å². The summed E-state index contributed by atoms with van der Waals surface area (Å²) in [5.74, 6) is -1.16. The van der Waals surface area contributed by atoms with Crippen LogP contribution in [0.2, 0.25) is 5.02 Å². The molecule has 2 saturated heterocycles. The highest BCUT2D eigenvalue weighted by atomic mass is 35.5. The van der Waals surface area contributed by atoms with E-state index < -0.39 is 11.6 Å². The third kappa shape index (κ3) is 5.63. The monoisotopic (exact) mass is 681 g/mol. The second kappa shape index (κ2) is 12.8. The fraction of sp³-hybridized carbons (Fsp3) is 0.394. The van der Waals surface area contributed by atoms with Gasteiger partial charge in [0.05, 0.1) is 27.4 Å². The molecule has 6 rings (SSSR count). The Morgan fingerprint density at radius 1 is 1.36 bits per heavy atom. The van der Waals surface area contributed by atoms with E-state index in [2.05, 4.69) is 16.5 Å². The second-order valence-corrected chi connectivity index (χ2v) is 13.4. The Hall–Kier alpha value is -4.09. The molecule has 246 valence electrons. The van der Waals surface area contributed by atoms with E-state index in [0.717, 1.165) is 24.3 Å². The van der Waals surface area contributed by atoms with Gasteiger partial charge in [-0.05, 0) is 50.6 Å². The molecule has 14 heteroatoms. The van der Waals surface area contributed by atoms with E-state index in [-0.39, 0.29) is 85.1 Å². The molecule has 0 saturated carbocycles. The van der Waals surface area contributed by atoms with Gasteiger partial charge in [0.1, 0.15) is 34.8 Å². The Bertz CT molecular complexity index is 1950. The summed E-state index contributed by atoms with van der Waals surface area (Å²) in [6, 6.07) is 5.81. The van der Waals surface area contributed by atoms with Crippen LogP contribution in [0.25, 0.3) is 32.1 Å². The minimum absolute atomic E-state index is 0.0182. The number of nitrogens with zero attached hydrogens (tertiary/aromatic N) is 6. The molecule has 0 aliphatic carbocycles. The summed E-state index contributed by atoms with van der Waals surface area (Å²) in [6.07, 6.45) is 2.75. The maximum atomic E-state index is 16.9. The van der Waals surface area contributed by atoms with Crippen molar-refractivity contribution in [3.63, 3.8) is 0 Å². The first-order valence-electron chi connectivity index (χ1n) is 15.1. The van der Waals surface area contributed by atoms with Crippen LogP contribution < -0.4 is 15.4 Å². The summed E-state index contributed by atoms with van der Waals surface area (Å²) in [5.41, 5.74) is 6.21. The number of halogens is 3. The number of nitrogens with two attached hydrogens (primary N) is 1. The number of thiophene rings is 1. The van der Waals surface area contributed by atoms with Gasteiger partial charge in [-0.2, -0.15) is 15.2 Å². The quantitative estimate of drug-likeness (QED) is 0.237. The zero-order valence-corrected chi connectivity index (χ0v) is 28.0. The van der Waals surface area contributed by atoms with E-state index in [1.54, 1.807) is 18.1 Å². The third-order valence-electron chi connectivity index (χ3n) is 9.43. The Balaban J connectivity index is 1.50. The van der Waals surface area contributed by atoms with E-state index in [1.807, 2.05) is 32.0 Å². The number of hydrogen-bond donors (Lipinski definition) is 1. The lowest BCUT2D eigenvalue weighted by Crippen LogP contribution is -2.43. The zero-order valence-electron chi connectivity index (χ0n) is 26.4. The van der Waals surface area contributed by atoms with Crippen molar-refractivity contribution in [3.8, 4) is 23.2 Å². The van der Waals surface area contributed by atoms with Crippen LogP contribution in [0, 0.1) is 23.0 Å². The maximum Gasteiger partial charge on any atom is 0.319 e. The van der Waals surface area contributed by atoms with Gasteiger partial charge < -0.3 is 25.0 Å². The Kier molecular flexibility index (Phi) is 8.97. The predicted molar refractivity (Wildman–Crippen MR) is 180 cm³/mol. The highest BCUT2D eigenvalue weighted by molar-refractivity contribution is 7.23. The fourth-order valence-electron chi connectivity index (χ4n) is 6.84. The van der Waals surface area contributed by atoms with Crippen molar-refractivity contribution in [3.05, 3.63) is 53.1 Å². The van der Waals surface area contributed by atoms with Gasteiger partial charge in [0.15, 0.2) is 5.82 Å². The molecule has 4 heterocycles. The molecule has 0 spiro atoms. The van der Waals surface area contributed by atoms with Crippen molar-refractivity contribution in [2.45, 2.75) is 44.0 Å². The summed E-state index contributed by atoms with van der Waals surface area (Å²) in [7, 11) is 5.49. The van der Waals surface area contributed by atoms with Crippen LogP contribution in [0.3, 0.4) is 0 Å². The number of amides is 1. The van der Waals surface area contributed by atoms with E-state index in [4.69, 9.17) is 31.8 Å². The van der Waals surface area contributed by atoms with Crippen molar-refractivity contribution < 1.29 is 23.0 Å². The number of ether oxygens (including phenoxy) is 2. The van der Waals surface area contributed by atoms with Crippen molar-refractivity contribution in [1.82, 2.24) is 19.8 Å². The predicted octanol–water partition coefficient (Wildman–Crippen LogP) is 5.61. The number of fused-ring (bicyclic) bond motifs is 2. The largest absolute Gasteiger partial charge is 0.462 e. The van der Waals surface area contributed by atoms with Crippen molar-refractivity contribution in [1.29, 1.82) is 5.26 Å². The number of likely N-dealkylation sites (tertiary alicyclic amines) is 2. The lowest BCUT2D eigenvalue weighted by atomic mass is 9.97. The number of anilines is 2. The van der Waals surface area contributed by atoms with Gasteiger partial charge >= 0.3 is 6.01 Å². The smallest absolute Gasteiger partial charge is 0.319 e.